The van der Waals surface area contributed by atoms with E-state index in [0.717, 1.165) is 31.7 Å². The van der Waals surface area contributed by atoms with Crippen molar-refractivity contribution in [2.75, 3.05) is 13.2 Å². The van der Waals surface area contributed by atoms with Gasteiger partial charge in [-0.2, -0.15) is 5.10 Å². The zero-order chi connectivity index (χ0) is 14.7. The van der Waals surface area contributed by atoms with Crippen LogP contribution in [0.2, 0.25) is 0 Å². The molecule has 0 saturated carbocycles. The number of aryl methyl sites for hydroxylation is 1. The van der Waals surface area contributed by atoms with Crippen molar-refractivity contribution in [2.45, 2.75) is 25.8 Å². The molecule has 0 spiro atoms. The highest BCUT2D eigenvalue weighted by Crippen LogP contribution is 2.33. The van der Waals surface area contributed by atoms with Crippen molar-refractivity contribution in [3.63, 3.8) is 0 Å². The second kappa shape index (κ2) is 6.31. The Labute approximate surface area is 126 Å². The van der Waals surface area contributed by atoms with Crippen LogP contribution in [0.3, 0.4) is 0 Å². The summed E-state index contributed by atoms with van der Waals surface area (Å²) in [6.07, 6.45) is 4.04. The first-order valence-corrected chi connectivity index (χ1v) is 7.71. The van der Waals surface area contributed by atoms with Crippen molar-refractivity contribution >= 4 is 0 Å². The van der Waals surface area contributed by atoms with E-state index in [9.17, 15) is 0 Å². The van der Waals surface area contributed by atoms with Gasteiger partial charge in [0.15, 0.2) is 0 Å². The zero-order valence-corrected chi connectivity index (χ0v) is 12.7. The average Bonchev–Trinajstić information content (AvgIpc) is 2.94. The summed E-state index contributed by atoms with van der Waals surface area (Å²) >= 11 is 0. The summed E-state index contributed by atoms with van der Waals surface area (Å²) in [6, 6.07) is 10.7. The van der Waals surface area contributed by atoms with Gasteiger partial charge >= 0.3 is 0 Å². The molecule has 0 fully saturated rings. The number of hydrogen-bond donors (Lipinski definition) is 1. The van der Waals surface area contributed by atoms with Crippen molar-refractivity contribution in [2.24, 2.45) is 13.0 Å². The van der Waals surface area contributed by atoms with Gasteiger partial charge in [0.1, 0.15) is 5.75 Å². The molecule has 1 N–H and O–H groups in total. The Kier molecular flexibility index (Phi) is 4.25. The summed E-state index contributed by atoms with van der Waals surface area (Å²) < 4.78 is 7.93. The number of aromatic nitrogens is 2. The number of benzene rings is 1. The zero-order valence-electron chi connectivity index (χ0n) is 12.7. The van der Waals surface area contributed by atoms with Crippen LogP contribution in [-0.2, 0) is 13.5 Å². The molecule has 2 atom stereocenters. The van der Waals surface area contributed by atoms with Crippen LogP contribution in [0.4, 0.5) is 0 Å². The van der Waals surface area contributed by atoms with Gasteiger partial charge in [0, 0.05) is 19.2 Å². The molecule has 0 aliphatic carbocycles. The highest BCUT2D eigenvalue weighted by atomic mass is 16.5. The molecular weight excluding hydrogens is 262 g/mol. The minimum absolute atomic E-state index is 0.283. The standard InChI is InChI=1S/C17H23N3O/c1-3-9-18-17(15-8-10-19-20(15)2)14-11-13-6-4-5-7-16(13)21-12-14/h4-8,10,14,17-18H,3,9,11-12H2,1-2H3. The lowest BCUT2D eigenvalue weighted by Gasteiger charge is -2.32. The maximum atomic E-state index is 5.97. The van der Waals surface area contributed by atoms with Gasteiger partial charge in [-0.1, -0.05) is 25.1 Å². The Hall–Kier alpha value is -1.81. The molecule has 0 radical (unpaired) electrons. The van der Waals surface area contributed by atoms with E-state index in [2.05, 4.69) is 41.6 Å². The Bertz CT molecular complexity index is 593. The summed E-state index contributed by atoms with van der Waals surface area (Å²) in [5, 5.41) is 7.99. The van der Waals surface area contributed by atoms with Crippen LogP contribution in [0.5, 0.6) is 5.75 Å². The maximum absolute atomic E-state index is 5.97. The Morgan fingerprint density at radius 1 is 1.38 bits per heavy atom. The van der Waals surface area contributed by atoms with E-state index in [1.54, 1.807) is 0 Å². The molecule has 1 aromatic carbocycles. The van der Waals surface area contributed by atoms with Gasteiger partial charge in [-0.15, -0.1) is 0 Å². The van der Waals surface area contributed by atoms with Crippen LogP contribution in [-0.4, -0.2) is 22.9 Å². The summed E-state index contributed by atoms with van der Waals surface area (Å²) in [5.74, 6) is 1.47. The summed E-state index contributed by atoms with van der Waals surface area (Å²) in [5.41, 5.74) is 2.54. The first-order chi connectivity index (χ1) is 10.3. The minimum atomic E-state index is 0.283. The molecular formula is C17H23N3O. The van der Waals surface area contributed by atoms with E-state index in [1.165, 1.54) is 11.3 Å². The molecule has 4 nitrogen and oxygen atoms in total. The van der Waals surface area contributed by atoms with Crippen molar-refractivity contribution in [1.29, 1.82) is 0 Å². The summed E-state index contributed by atoms with van der Waals surface area (Å²) in [6.45, 7) is 3.96. The first kappa shape index (κ1) is 14.1. The van der Waals surface area contributed by atoms with E-state index in [4.69, 9.17) is 4.74 Å². The normalized spacial score (nSPS) is 18.9. The number of hydrogen-bond acceptors (Lipinski definition) is 3. The number of nitrogens with zero attached hydrogens (tertiary/aromatic N) is 2. The van der Waals surface area contributed by atoms with E-state index >= 15 is 0 Å². The van der Waals surface area contributed by atoms with Crippen LogP contribution in [0.1, 0.15) is 30.6 Å². The fourth-order valence-electron chi connectivity index (χ4n) is 3.07. The molecule has 0 amide bonds. The van der Waals surface area contributed by atoms with Gasteiger partial charge in [0.2, 0.25) is 0 Å². The molecule has 1 aliphatic heterocycles. The van der Waals surface area contributed by atoms with Crippen molar-refractivity contribution in [3.05, 3.63) is 47.8 Å². The summed E-state index contributed by atoms with van der Waals surface area (Å²) in [7, 11) is 2.01. The maximum Gasteiger partial charge on any atom is 0.122 e. The molecule has 0 saturated heterocycles. The lowest BCUT2D eigenvalue weighted by Crippen LogP contribution is -2.36. The average molecular weight is 285 g/mol. The van der Waals surface area contributed by atoms with E-state index < -0.39 is 0 Å². The highest BCUT2D eigenvalue weighted by Gasteiger charge is 2.29. The largest absolute Gasteiger partial charge is 0.493 e. The van der Waals surface area contributed by atoms with Gasteiger partial charge < -0.3 is 10.1 Å². The molecule has 3 rings (SSSR count). The van der Waals surface area contributed by atoms with Crippen molar-refractivity contribution < 1.29 is 4.74 Å². The van der Waals surface area contributed by atoms with Crippen molar-refractivity contribution in [3.8, 4) is 5.75 Å². The predicted molar refractivity (Wildman–Crippen MR) is 83.4 cm³/mol. The number of nitrogens with one attached hydrogen (secondary N) is 1. The van der Waals surface area contributed by atoms with Crippen LogP contribution in [0.15, 0.2) is 36.5 Å². The third-order valence-electron chi connectivity index (χ3n) is 4.17. The lowest BCUT2D eigenvalue weighted by molar-refractivity contribution is 0.181. The molecule has 2 heterocycles. The van der Waals surface area contributed by atoms with Gasteiger partial charge in [0.25, 0.3) is 0 Å². The fraction of sp³-hybridized carbons (Fsp3) is 0.471. The monoisotopic (exact) mass is 285 g/mol. The van der Waals surface area contributed by atoms with Gasteiger partial charge in [0.05, 0.1) is 18.3 Å². The van der Waals surface area contributed by atoms with Crippen LogP contribution in [0.25, 0.3) is 0 Å². The number of para-hydroxylation sites is 1. The number of ether oxygens (including phenoxy) is 1. The lowest BCUT2D eigenvalue weighted by atomic mass is 9.88. The van der Waals surface area contributed by atoms with Gasteiger partial charge in [-0.25, -0.2) is 0 Å². The predicted octanol–water partition coefficient (Wildman–Crippen LogP) is 2.71. The smallest absolute Gasteiger partial charge is 0.122 e. The minimum Gasteiger partial charge on any atom is -0.493 e. The molecule has 1 aliphatic rings. The Balaban J connectivity index is 1.83. The number of fused-ring (bicyclic) bond motifs is 1. The fourth-order valence-corrected chi connectivity index (χ4v) is 3.07. The van der Waals surface area contributed by atoms with Gasteiger partial charge in [-0.05, 0) is 37.1 Å². The Morgan fingerprint density at radius 2 is 2.24 bits per heavy atom. The Morgan fingerprint density at radius 3 is 3.00 bits per heavy atom. The van der Waals surface area contributed by atoms with E-state index in [1.807, 2.05) is 24.0 Å². The molecule has 21 heavy (non-hydrogen) atoms. The van der Waals surface area contributed by atoms with Gasteiger partial charge in [-0.3, -0.25) is 4.68 Å². The highest BCUT2D eigenvalue weighted by molar-refractivity contribution is 5.35. The van der Waals surface area contributed by atoms with E-state index in [0.29, 0.717) is 5.92 Å². The van der Waals surface area contributed by atoms with Crippen LogP contribution in [0, 0.1) is 5.92 Å². The molecule has 0 bridgehead atoms. The second-order valence-electron chi connectivity index (χ2n) is 5.69. The molecule has 1 aromatic heterocycles. The number of rotatable bonds is 5. The first-order valence-electron chi connectivity index (χ1n) is 7.71. The van der Waals surface area contributed by atoms with E-state index in [-0.39, 0.29) is 6.04 Å². The third kappa shape index (κ3) is 2.95. The SMILES string of the molecule is CCCNC(c1ccnn1C)C1COc2ccccc2C1. The molecule has 2 aromatic rings. The molecule has 4 heteroatoms. The van der Waals surface area contributed by atoms with Crippen LogP contribution < -0.4 is 10.1 Å². The quantitative estimate of drug-likeness (QED) is 0.918. The van der Waals surface area contributed by atoms with Crippen molar-refractivity contribution in [1.82, 2.24) is 15.1 Å². The molecule has 2 unspecified atom stereocenters. The third-order valence-corrected chi connectivity index (χ3v) is 4.17. The molecule has 112 valence electrons. The summed E-state index contributed by atoms with van der Waals surface area (Å²) in [4.78, 5) is 0. The van der Waals surface area contributed by atoms with Crippen LogP contribution >= 0.6 is 0 Å². The second-order valence-corrected chi connectivity index (χ2v) is 5.69. The topological polar surface area (TPSA) is 39.1 Å².